The van der Waals surface area contributed by atoms with Crippen molar-refractivity contribution < 1.29 is 14.3 Å². The van der Waals surface area contributed by atoms with Crippen molar-refractivity contribution >= 4 is 27.7 Å². The summed E-state index contributed by atoms with van der Waals surface area (Å²) in [6, 6.07) is 0. The molecule has 84 valence electrons. The Morgan fingerprint density at radius 2 is 2.40 bits per heavy atom. The van der Waals surface area contributed by atoms with E-state index in [1.807, 2.05) is 6.08 Å². The first-order valence-electron chi connectivity index (χ1n) is 5.16. The van der Waals surface area contributed by atoms with Crippen LogP contribution in [0, 0.1) is 5.92 Å². The summed E-state index contributed by atoms with van der Waals surface area (Å²) in [5.41, 5.74) is 0.622. The lowest BCUT2D eigenvalue weighted by atomic mass is 9.89. The summed E-state index contributed by atoms with van der Waals surface area (Å²) < 4.78 is 4.93. The molecule has 4 heteroatoms. The molecular weight excluding hydrogens is 260 g/mol. The highest BCUT2D eigenvalue weighted by Gasteiger charge is 2.28. The normalized spacial score (nSPS) is 18.3. The molecule has 3 nitrogen and oxygen atoms in total. The van der Waals surface area contributed by atoms with Crippen molar-refractivity contribution in [2.24, 2.45) is 5.92 Å². The molecule has 0 spiro atoms. The van der Waals surface area contributed by atoms with Gasteiger partial charge < -0.3 is 4.74 Å². The molecule has 1 rings (SSSR count). The van der Waals surface area contributed by atoms with Crippen LogP contribution in [-0.2, 0) is 14.3 Å². The number of hydrogen-bond acceptors (Lipinski definition) is 3. The van der Waals surface area contributed by atoms with Gasteiger partial charge in [-0.15, -0.1) is 0 Å². The van der Waals surface area contributed by atoms with Gasteiger partial charge in [0.1, 0.15) is 0 Å². The molecule has 0 aromatic rings. The van der Waals surface area contributed by atoms with E-state index in [4.69, 9.17) is 4.74 Å². The summed E-state index contributed by atoms with van der Waals surface area (Å²) in [7, 11) is 0. The molecule has 0 fully saturated rings. The summed E-state index contributed by atoms with van der Waals surface area (Å²) in [6.45, 7) is 2.12. The van der Waals surface area contributed by atoms with Crippen LogP contribution < -0.4 is 0 Å². The molecule has 0 N–H and O–H groups in total. The minimum absolute atomic E-state index is 0.0822. The highest BCUT2D eigenvalue weighted by Crippen LogP contribution is 2.24. The molecule has 0 heterocycles. The molecule has 1 unspecified atom stereocenters. The fourth-order valence-electron chi connectivity index (χ4n) is 1.63. The first-order valence-corrected chi connectivity index (χ1v) is 6.28. The van der Waals surface area contributed by atoms with Gasteiger partial charge in [0, 0.05) is 17.3 Å². The average Bonchev–Trinajstić information content (AvgIpc) is 2.22. The van der Waals surface area contributed by atoms with E-state index in [1.54, 1.807) is 6.92 Å². The molecule has 0 aromatic heterocycles. The highest BCUT2D eigenvalue weighted by molar-refractivity contribution is 9.09. The molecule has 0 radical (unpaired) electrons. The molecule has 0 saturated heterocycles. The van der Waals surface area contributed by atoms with E-state index in [9.17, 15) is 9.59 Å². The predicted octanol–water partition coefficient (Wildman–Crippen LogP) is 2.24. The molecule has 1 aliphatic rings. The quantitative estimate of drug-likeness (QED) is 0.583. The number of allylic oxidation sites excluding steroid dienone is 1. The molecule has 0 aromatic carbocycles. The molecule has 0 saturated carbocycles. The minimum Gasteiger partial charge on any atom is -0.465 e. The molecule has 15 heavy (non-hydrogen) atoms. The summed E-state index contributed by atoms with van der Waals surface area (Å²) in [5.74, 6) is -0.660. The molecule has 1 atom stereocenters. The Hall–Kier alpha value is -0.640. The lowest BCUT2D eigenvalue weighted by molar-refractivity contribution is -0.146. The zero-order chi connectivity index (χ0) is 11.3. The smallest absolute Gasteiger partial charge is 0.314 e. The van der Waals surface area contributed by atoms with Gasteiger partial charge in [0.2, 0.25) is 0 Å². The molecule has 0 amide bonds. The minimum atomic E-state index is -0.433. The number of ether oxygens (including phenoxy) is 1. The number of rotatable bonds is 4. The second-order valence-corrected chi connectivity index (χ2v) is 4.08. The van der Waals surface area contributed by atoms with Crippen LogP contribution in [0.2, 0.25) is 0 Å². The molecule has 0 aliphatic heterocycles. The lowest BCUT2D eigenvalue weighted by Gasteiger charge is -2.18. The van der Waals surface area contributed by atoms with Crippen molar-refractivity contribution in [1.29, 1.82) is 0 Å². The van der Waals surface area contributed by atoms with Crippen molar-refractivity contribution in [3.8, 4) is 0 Å². The van der Waals surface area contributed by atoms with E-state index >= 15 is 0 Å². The zero-order valence-corrected chi connectivity index (χ0v) is 10.4. The van der Waals surface area contributed by atoms with E-state index in [-0.39, 0.29) is 11.8 Å². The van der Waals surface area contributed by atoms with Gasteiger partial charge in [-0.3, -0.25) is 9.59 Å². The number of carbonyl (C=O) groups excluding carboxylic acids is 2. The van der Waals surface area contributed by atoms with E-state index in [0.717, 1.165) is 12.8 Å². The standard InChI is InChI=1S/C11H15BrO3/c1-2-15-11(14)9(7-12)8-5-3-4-6-10(8)13/h5,9H,2-4,6-7H2,1H3. The Morgan fingerprint density at radius 3 is 2.93 bits per heavy atom. The zero-order valence-electron chi connectivity index (χ0n) is 8.79. The van der Waals surface area contributed by atoms with Gasteiger partial charge in [-0.25, -0.2) is 0 Å². The molecule has 0 bridgehead atoms. The largest absolute Gasteiger partial charge is 0.465 e. The lowest BCUT2D eigenvalue weighted by Crippen LogP contribution is -2.26. The van der Waals surface area contributed by atoms with Crippen LogP contribution in [-0.4, -0.2) is 23.7 Å². The fraction of sp³-hybridized carbons (Fsp3) is 0.636. The summed E-state index contributed by atoms with van der Waals surface area (Å²) in [4.78, 5) is 23.2. The van der Waals surface area contributed by atoms with Crippen molar-refractivity contribution in [3.63, 3.8) is 0 Å². The van der Waals surface area contributed by atoms with Gasteiger partial charge in [0.05, 0.1) is 12.5 Å². The Bertz CT molecular complexity index is 284. The van der Waals surface area contributed by atoms with Crippen LogP contribution in [0.3, 0.4) is 0 Å². The van der Waals surface area contributed by atoms with Crippen LogP contribution in [0.1, 0.15) is 26.2 Å². The molecule has 1 aliphatic carbocycles. The van der Waals surface area contributed by atoms with Crippen LogP contribution in [0.15, 0.2) is 11.6 Å². The van der Waals surface area contributed by atoms with Gasteiger partial charge in [-0.1, -0.05) is 22.0 Å². The number of alkyl halides is 1. The van der Waals surface area contributed by atoms with Crippen LogP contribution in [0.25, 0.3) is 0 Å². The van der Waals surface area contributed by atoms with Crippen LogP contribution >= 0.6 is 15.9 Å². The Balaban J connectivity index is 2.77. The fourth-order valence-corrected chi connectivity index (χ4v) is 2.24. The van der Waals surface area contributed by atoms with Gasteiger partial charge in [0.25, 0.3) is 0 Å². The maximum atomic E-state index is 11.6. The third kappa shape index (κ3) is 3.16. The predicted molar refractivity (Wildman–Crippen MR) is 60.9 cm³/mol. The third-order valence-corrected chi connectivity index (χ3v) is 3.04. The number of ketones is 1. The van der Waals surface area contributed by atoms with Crippen molar-refractivity contribution in [2.45, 2.75) is 26.2 Å². The third-order valence-electron chi connectivity index (χ3n) is 2.40. The highest BCUT2D eigenvalue weighted by atomic mass is 79.9. The van der Waals surface area contributed by atoms with Crippen LogP contribution in [0.5, 0.6) is 0 Å². The van der Waals surface area contributed by atoms with E-state index in [2.05, 4.69) is 15.9 Å². The van der Waals surface area contributed by atoms with Crippen molar-refractivity contribution in [1.82, 2.24) is 0 Å². The Morgan fingerprint density at radius 1 is 1.67 bits per heavy atom. The van der Waals surface area contributed by atoms with Crippen molar-refractivity contribution in [3.05, 3.63) is 11.6 Å². The van der Waals surface area contributed by atoms with Gasteiger partial charge in [-0.05, 0) is 19.8 Å². The SMILES string of the molecule is CCOC(=O)C(CBr)C1=CCCCC1=O. The average molecular weight is 275 g/mol. The van der Waals surface area contributed by atoms with E-state index in [0.29, 0.717) is 23.9 Å². The maximum Gasteiger partial charge on any atom is 0.314 e. The van der Waals surface area contributed by atoms with Crippen LogP contribution in [0.4, 0.5) is 0 Å². The number of halogens is 1. The Labute approximate surface area is 98.0 Å². The first-order chi connectivity index (χ1) is 7.20. The van der Waals surface area contributed by atoms with Gasteiger partial charge in [0.15, 0.2) is 5.78 Å². The molecular formula is C11H15BrO3. The summed E-state index contributed by atoms with van der Waals surface area (Å²) >= 11 is 3.26. The topological polar surface area (TPSA) is 43.4 Å². The van der Waals surface area contributed by atoms with E-state index < -0.39 is 5.92 Å². The second-order valence-electron chi connectivity index (χ2n) is 3.43. The number of Topliss-reactive ketones (excluding diaryl/α,β-unsaturated/α-hetero) is 1. The van der Waals surface area contributed by atoms with Crippen molar-refractivity contribution in [2.75, 3.05) is 11.9 Å². The summed E-state index contributed by atoms with van der Waals surface area (Å²) in [5, 5.41) is 0.448. The second kappa shape index (κ2) is 6.05. The Kier molecular flexibility index (Phi) is 5.02. The number of esters is 1. The van der Waals surface area contributed by atoms with Gasteiger partial charge in [-0.2, -0.15) is 0 Å². The number of carbonyl (C=O) groups is 2. The summed E-state index contributed by atoms with van der Waals surface area (Å²) in [6.07, 6.45) is 4.19. The van der Waals surface area contributed by atoms with Gasteiger partial charge >= 0.3 is 5.97 Å². The monoisotopic (exact) mass is 274 g/mol. The maximum absolute atomic E-state index is 11.6. The number of hydrogen-bond donors (Lipinski definition) is 0. The first kappa shape index (κ1) is 12.4. The van der Waals surface area contributed by atoms with E-state index in [1.165, 1.54) is 0 Å².